The summed E-state index contributed by atoms with van der Waals surface area (Å²) >= 11 is 0. The van der Waals surface area contributed by atoms with E-state index in [2.05, 4.69) is 11.8 Å². The third-order valence-corrected chi connectivity index (χ3v) is 5.53. The summed E-state index contributed by atoms with van der Waals surface area (Å²) in [5.74, 6) is -0.194. The minimum Gasteiger partial charge on any atom is -0.334 e. The first-order valence-electron chi connectivity index (χ1n) is 10.7. The van der Waals surface area contributed by atoms with Crippen molar-refractivity contribution in [2.45, 2.75) is 66.6 Å². The van der Waals surface area contributed by atoms with Crippen LogP contribution >= 0.6 is 0 Å². The van der Waals surface area contributed by atoms with E-state index in [1.165, 1.54) is 17.7 Å². The molecule has 3 rings (SSSR count). The molecule has 1 aliphatic heterocycles. The van der Waals surface area contributed by atoms with Gasteiger partial charge in [0, 0.05) is 37.0 Å². The number of carbonyl (C=O) groups is 1. The van der Waals surface area contributed by atoms with Crippen LogP contribution in [0.1, 0.15) is 58.0 Å². The van der Waals surface area contributed by atoms with Crippen molar-refractivity contribution >= 4 is 5.91 Å². The predicted molar refractivity (Wildman–Crippen MR) is 113 cm³/mol. The Hall–Kier alpha value is -2.21. The van der Waals surface area contributed by atoms with Crippen LogP contribution in [-0.4, -0.2) is 44.6 Å². The van der Waals surface area contributed by atoms with Crippen LogP contribution in [-0.2, 0) is 24.3 Å². The molecule has 1 aliphatic rings. The zero-order chi connectivity index (χ0) is 21.1. The molecule has 1 aromatic heterocycles. The molecular weight excluding hydrogens is 367 g/mol. The molecule has 0 saturated heterocycles. The summed E-state index contributed by atoms with van der Waals surface area (Å²) in [6.07, 6.45) is 1.98. The lowest BCUT2D eigenvalue weighted by atomic mass is 10.0. The van der Waals surface area contributed by atoms with Gasteiger partial charge in [0.1, 0.15) is 5.82 Å². The molecule has 2 aromatic rings. The molecule has 158 valence electrons. The van der Waals surface area contributed by atoms with Crippen molar-refractivity contribution < 1.29 is 9.18 Å². The summed E-state index contributed by atoms with van der Waals surface area (Å²) in [4.78, 5) is 17.1. The Balaban J connectivity index is 2.03. The Kier molecular flexibility index (Phi) is 6.73. The summed E-state index contributed by atoms with van der Waals surface area (Å²) in [6, 6.07) is 6.67. The van der Waals surface area contributed by atoms with Crippen molar-refractivity contribution in [1.29, 1.82) is 0 Å². The maximum Gasteiger partial charge on any atom is 0.225 e. The Morgan fingerprint density at radius 1 is 1.28 bits per heavy atom. The number of amides is 1. The monoisotopic (exact) mass is 400 g/mol. The highest BCUT2D eigenvalue weighted by molar-refractivity contribution is 5.78. The molecule has 0 aliphatic carbocycles. The lowest BCUT2D eigenvalue weighted by Crippen LogP contribution is -2.39. The quantitative estimate of drug-likeness (QED) is 0.700. The van der Waals surface area contributed by atoms with E-state index >= 15 is 0 Å². The van der Waals surface area contributed by atoms with Gasteiger partial charge < -0.3 is 4.90 Å². The Morgan fingerprint density at radius 3 is 2.66 bits per heavy atom. The SMILES string of the molecule is CCCN1CCc2c(c(CN(C(=O)C(C)C)C(C)C)nn2-c2cccc(F)c2)C1. The van der Waals surface area contributed by atoms with E-state index in [4.69, 9.17) is 5.10 Å². The van der Waals surface area contributed by atoms with Crippen LogP contribution in [0.25, 0.3) is 5.69 Å². The van der Waals surface area contributed by atoms with Crippen molar-refractivity contribution in [2.24, 2.45) is 5.92 Å². The van der Waals surface area contributed by atoms with E-state index in [1.807, 2.05) is 43.3 Å². The van der Waals surface area contributed by atoms with Gasteiger partial charge in [0.25, 0.3) is 0 Å². The van der Waals surface area contributed by atoms with Crippen molar-refractivity contribution in [1.82, 2.24) is 19.6 Å². The predicted octanol–water partition coefficient (Wildman–Crippen LogP) is 4.17. The van der Waals surface area contributed by atoms with Gasteiger partial charge in [0.15, 0.2) is 0 Å². The third kappa shape index (κ3) is 4.69. The number of nitrogens with zero attached hydrogens (tertiary/aromatic N) is 4. The molecule has 0 bridgehead atoms. The number of benzene rings is 1. The second-order valence-electron chi connectivity index (χ2n) is 8.50. The summed E-state index contributed by atoms with van der Waals surface area (Å²) < 4.78 is 15.7. The molecule has 6 heteroatoms. The van der Waals surface area contributed by atoms with E-state index in [1.54, 1.807) is 6.07 Å². The molecule has 0 unspecified atom stereocenters. The smallest absolute Gasteiger partial charge is 0.225 e. The maximum atomic E-state index is 13.9. The first-order valence-corrected chi connectivity index (χ1v) is 10.7. The van der Waals surface area contributed by atoms with Gasteiger partial charge in [-0.25, -0.2) is 9.07 Å². The average Bonchev–Trinajstić information content (AvgIpc) is 3.03. The second kappa shape index (κ2) is 9.08. The minimum atomic E-state index is -0.268. The number of aromatic nitrogens is 2. The van der Waals surface area contributed by atoms with Gasteiger partial charge in [0.05, 0.1) is 23.6 Å². The Bertz CT molecular complexity index is 859. The van der Waals surface area contributed by atoms with Gasteiger partial charge in [-0.3, -0.25) is 9.69 Å². The van der Waals surface area contributed by atoms with Crippen molar-refractivity contribution in [3.05, 3.63) is 47.0 Å². The van der Waals surface area contributed by atoms with Crippen LogP contribution in [0, 0.1) is 11.7 Å². The molecule has 0 radical (unpaired) electrons. The van der Waals surface area contributed by atoms with E-state index in [9.17, 15) is 9.18 Å². The molecule has 0 saturated carbocycles. The molecule has 0 spiro atoms. The van der Waals surface area contributed by atoms with E-state index in [-0.39, 0.29) is 23.7 Å². The topological polar surface area (TPSA) is 41.4 Å². The molecule has 1 aromatic carbocycles. The van der Waals surface area contributed by atoms with Crippen LogP contribution in [0.4, 0.5) is 4.39 Å². The van der Waals surface area contributed by atoms with Gasteiger partial charge in [0.2, 0.25) is 5.91 Å². The second-order valence-corrected chi connectivity index (χ2v) is 8.50. The number of carbonyl (C=O) groups excluding carboxylic acids is 1. The Morgan fingerprint density at radius 2 is 2.03 bits per heavy atom. The molecule has 2 heterocycles. The van der Waals surface area contributed by atoms with Crippen LogP contribution < -0.4 is 0 Å². The van der Waals surface area contributed by atoms with Crippen LogP contribution in [0.3, 0.4) is 0 Å². The third-order valence-electron chi connectivity index (χ3n) is 5.53. The number of halogens is 1. The van der Waals surface area contributed by atoms with E-state index < -0.39 is 0 Å². The normalized spacial score (nSPS) is 14.5. The standard InChI is InChI=1S/C23H33FN4O/c1-6-11-26-12-10-22-20(14-26)21(15-27(17(4)5)23(29)16(2)3)25-28(22)19-9-7-8-18(24)13-19/h7-9,13,16-17H,6,10-12,14-15H2,1-5H3. The van der Waals surface area contributed by atoms with Crippen LogP contribution in [0.2, 0.25) is 0 Å². The number of fused-ring (bicyclic) bond motifs is 1. The highest BCUT2D eigenvalue weighted by Crippen LogP contribution is 2.27. The number of hydrogen-bond acceptors (Lipinski definition) is 3. The molecule has 0 atom stereocenters. The van der Waals surface area contributed by atoms with E-state index in [0.29, 0.717) is 6.54 Å². The zero-order valence-electron chi connectivity index (χ0n) is 18.3. The fourth-order valence-electron chi connectivity index (χ4n) is 4.01. The molecule has 29 heavy (non-hydrogen) atoms. The lowest BCUT2D eigenvalue weighted by Gasteiger charge is -2.30. The van der Waals surface area contributed by atoms with Crippen LogP contribution in [0.15, 0.2) is 24.3 Å². The van der Waals surface area contributed by atoms with Gasteiger partial charge >= 0.3 is 0 Å². The molecule has 5 nitrogen and oxygen atoms in total. The van der Waals surface area contributed by atoms with Crippen molar-refractivity contribution in [3.8, 4) is 5.69 Å². The minimum absolute atomic E-state index is 0.0601. The average molecular weight is 401 g/mol. The fourth-order valence-corrected chi connectivity index (χ4v) is 4.01. The summed E-state index contributed by atoms with van der Waals surface area (Å²) in [7, 11) is 0. The summed E-state index contributed by atoms with van der Waals surface area (Å²) in [5, 5.41) is 4.89. The van der Waals surface area contributed by atoms with Crippen molar-refractivity contribution in [3.63, 3.8) is 0 Å². The molecule has 1 amide bonds. The summed E-state index contributed by atoms with van der Waals surface area (Å²) in [5.41, 5.74) is 3.99. The van der Waals surface area contributed by atoms with E-state index in [0.717, 1.165) is 49.6 Å². The summed E-state index contributed by atoms with van der Waals surface area (Å²) in [6.45, 7) is 13.5. The van der Waals surface area contributed by atoms with Gasteiger partial charge in [-0.1, -0.05) is 26.8 Å². The molecule has 0 fully saturated rings. The van der Waals surface area contributed by atoms with Crippen LogP contribution in [0.5, 0.6) is 0 Å². The fraction of sp³-hybridized carbons (Fsp3) is 0.565. The molecular formula is C23H33FN4O. The first-order chi connectivity index (χ1) is 13.8. The molecule has 0 N–H and O–H groups in total. The zero-order valence-corrected chi connectivity index (χ0v) is 18.3. The first kappa shape index (κ1) is 21.5. The lowest BCUT2D eigenvalue weighted by molar-refractivity contribution is -0.136. The maximum absolute atomic E-state index is 13.9. The van der Waals surface area contributed by atoms with Crippen molar-refractivity contribution in [2.75, 3.05) is 13.1 Å². The Labute approximate surface area is 173 Å². The highest BCUT2D eigenvalue weighted by atomic mass is 19.1. The van der Waals surface area contributed by atoms with Gasteiger partial charge in [-0.15, -0.1) is 0 Å². The van der Waals surface area contributed by atoms with Gasteiger partial charge in [-0.2, -0.15) is 5.10 Å². The highest BCUT2D eigenvalue weighted by Gasteiger charge is 2.28. The number of rotatable bonds is 7. The van der Waals surface area contributed by atoms with Gasteiger partial charge in [-0.05, 0) is 45.0 Å². The largest absolute Gasteiger partial charge is 0.334 e. The number of hydrogen-bond donors (Lipinski definition) is 0.